The van der Waals surface area contributed by atoms with Gasteiger partial charge in [0, 0.05) is 18.8 Å². The third-order valence-electron chi connectivity index (χ3n) is 6.76. The molecule has 0 spiro atoms. The molecule has 35 heavy (non-hydrogen) atoms. The molecule has 1 amide bonds. The molecule has 1 aromatic heterocycles. The summed E-state index contributed by atoms with van der Waals surface area (Å²) in [4.78, 5) is 19.7. The molecule has 0 N–H and O–H groups in total. The van der Waals surface area contributed by atoms with Gasteiger partial charge in [-0.15, -0.1) is 0 Å². The van der Waals surface area contributed by atoms with Gasteiger partial charge in [-0.25, -0.2) is 18.2 Å². The maximum atomic E-state index is 13.5. The van der Waals surface area contributed by atoms with Crippen molar-refractivity contribution >= 4 is 21.9 Å². The zero-order chi connectivity index (χ0) is 25.2. The standard InChI is InChI=1S/C27H37N3O4S/c1-20-12-15-23(16-13-20)35(32,33)29-18-8-7-11-24(29)21-14-17-25(28-19-21)30(22-9-5-6-10-22)26(31)34-27(2,3)4/h12-17,19,22,24H,5-11,18H2,1-4H3/t24-/m1/s1. The van der Waals surface area contributed by atoms with E-state index in [1.54, 1.807) is 27.5 Å². The van der Waals surface area contributed by atoms with Crippen molar-refractivity contribution in [2.24, 2.45) is 0 Å². The van der Waals surface area contributed by atoms with Crippen LogP contribution in [0.4, 0.5) is 10.6 Å². The summed E-state index contributed by atoms with van der Waals surface area (Å²) >= 11 is 0. The van der Waals surface area contributed by atoms with Gasteiger partial charge >= 0.3 is 6.09 Å². The van der Waals surface area contributed by atoms with Gasteiger partial charge in [-0.2, -0.15) is 4.31 Å². The van der Waals surface area contributed by atoms with Crippen molar-refractivity contribution in [2.75, 3.05) is 11.4 Å². The minimum Gasteiger partial charge on any atom is -0.443 e. The number of sulfonamides is 1. The fraction of sp³-hybridized carbons (Fsp3) is 0.556. The molecule has 1 atom stereocenters. The van der Waals surface area contributed by atoms with Crippen molar-refractivity contribution in [1.82, 2.24) is 9.29 Å². The zero-order valence-electron chi connectivity index (χ0n) is 21.2. The predicted molar refractivity (Wildman–Crippen MR) is 137 cm³/mol. The second kappa shape index (κ2) is 10.3. The minimum absolute atomic E-state index is 0.0660. The first-order chi connectivity index (χ1) is 16.6. The first kappa shape index (κ1) is 25.6. The van der Waals surface area contributed by atoms with Crippen LogP contribution in [0.15, 0.2) is 47.5 Å². The molecule has 0 bridgehead atoms. The summed E-state index contributed by atoms with van der Waals surface area (Å²) in [5.41, 5.74) is 1.27. The fourth-order valence-corrected chi connectivity index (χ4v) is 6.69. The van der Waals surface area contributed by atoms with Crippen LogP contribution in [-0.4, -0.2) is 42.0 Å². The number of benzene rings is 1. The van der Waals surface area contributed by atoms with E-state index in [1.807, 2.05) is 52.0 Å². The van der Waals surface area contributed by atoms with Crippen molar-refractivity contribution in [3.05, 3.63) is 53.7 Å². The number of ether oxygens (including phenoxy) is 1. The van der Waals surface area contributed by atoms with E-state index in [1.165, 1.54) is 0 Å². The van der Waals surface area contributed by atoms with E-state index in [2.05, 4.69) is 4.98 Å². The SMILES string of the molecule is Cc1ccc(S(=O)(=O)N2CCCC[C@@H]2c2ccc(N(C(=O)OC(C)(C)C)C3CCCC3)nc2)cc1. The van der Waals surface area contributed by atoms with Crippen LogP contribution in [-0.2, 0) is 14.8 Å². The summed E-state index contributed by atoms with van der Waals surface area (Å²) < 4.78 is 34.3. The Morgan fingerprint density at radius 1 is 1.00 bits per heavy atom. The summed E-state index contributed by atoms with van der Waals surface area (Å²) in [6, 6.07) is 10.6. The normalized spacial score (nSPS) is 20.1. The molecule has 1 aromatic carbocycles. The first-order valence-corrected chi connectivity index (χ1v) is 14.1. The number of pyridine rings is 1. The van der Waals surface area contributed by atoms with Gasteiger partial charge < -0.3 is 4.74 Å². The second-order valence-corrected chi connectivity index (χ2v) is 12.6. The minimum atomic E-state index is -3.63. The molecule has 0 radical (unpaired) electrons. The largest absolute Gasteiger partial charge is 0.443 e. The Balaban J connectivity index is 1.61. The molecule has 1 aliphatic carbocycles. The molecule has 7 nitrogen and oxygen atoms in total. The Hall–Kier alpha value is -2.45. The lowest BCUT2D eigenvalue weighted by molar-refractivity contribution is 0.0564. The molecular formula is C27H37N3O4S. The van der Waals surface area contributed by atoms with E-state index in [0.29, 0.717) is 17.3 Å². The third-order valence-corrected chi connectivity index (χ3v) is 8.69. The van der Waals surface area contributed by atoms with E-state index in [0.717, 1.165) is 56.1 Å². The smallest absolute Gasteiger partial charge is 0.416 e. The Labute approximate surface area is 209 Å². The predicted octanol–water partition coefficient (Wildman–Crippen LogP) is 5.99. The molecule has 2 aromatic rings. The monoisotopic (exact) mass is 499 g/mol. The fourth-order valence-electron chi connectivity index (χ4n) is 5.01. The van der Waals surface area contributed by atoms with Crippen LogP contribution in [0.3, 0.4) is 0 Å². The number of aryl methyl sites for hydroxylation is 1. The Bertz CT molecular complexity index is 1120. The van der Waals surface area contributed by atoms with Gasteiger partial charge in [0.1, 0.15) is 11.4 Å². The van der Waals surface area contributed by atoms with E-state index >= 15 is 0 Å². The van der Waals surface area contributed by atoms with Crippen molar-refractivity contribution in [1.29, 1.82) is 0 Å². The van der Waals surface area contributed by atoms with Gasteiger partial charge in [0.25, 0.3) is 0 Å². The van der Waals surface area contributed by atoms with Crippen molar-refractivity contribution in [2.45, 2.75) is 95.2 Å². The molecule has 8 heteroatoms. The molecule has 1 saturated heterocycles. The number of piperidine rings is 1. The van der Waals surface area contributed by atoms with E-state index in [4.69, 9.17) is 4.74 Å². The molecule has 2 fully saturated rings. The Morgan fingerprint density at radius 3 is 2.26 bits per heavy atom. The summed E-state index contributed by atoms with van der Waals surface area (Å²) in [5, 5.41) is 0. The average molecular weight is 500 g/mol. The third kappa shape index (κ3) is 5.86. The highest BCUT2D eigenvalue weighted by molar-refractivity contribution is 7.89. The van der Waals surface area contributed by atoms with Gasteiger partial charge in [-0.05, 0) is 77.1 Å². The van der Waals surface area contributed by atoms with Crippen LogP contribution in [0.5, 0.6) is 0 Å². The van der Waals surface area contributed by atoms with Gasteiger partial charge in [0.05, 0.1) is 10.9 Å². The van der Waals surface area contributed by atoms with Crippen molar-refractivity contribution in [3.8, 4) is 0 Å². The van der Waals surface area contributed by atoms with Crippen molar-refractivity contribution in [3.63, 3.8) is 0 Å². The summed E-state index contributed by atoms with van der Waals surface area (Å²) in [7, 11) is -3.63. The van der Waals surface area contributed by atoms with Crippen LogP contribution in [0, 0.1) is 6.92 Å². The number of carbonyl (C=O) groups excluding carboxylic acids is 1. The first-order valence-electron chi connectivity index (χ1n) is 12.6. The van der Waals surface area contributed by atoms with Crippen LogP contribution >= 0.6 is 0 Å². The molecule has 190 valence electrons. The van der Waals surface area contributed by atoms with Gasteiger partial charge in [0.2, 0.25) is 10.0 Å². The molecule has 1 saturated carbocycles. The Morgan fingerprint density at radius 2 is 1.66 bits per heavy atom. The quantitative estimate of drug-likeness (QED) is 0.505. The van der Waals surface area contributed by atoms with Gasteiger partial charge in [0.15, 0.2) is 0 Å². The average Bonchev–Trinajstić information content (AvgIpc) is 3.33. The number of amides is 1. The molecular weight excluding hydrogens is 462 g/mol. The van der Waals surface area contributed by atoms with Crippen LogP contribution in [0.2, 0.25) is 0 Å². The van der Waals surface area contributed by atoms with Crippen LogP contribution in [0.25, 0.3) is 0 Å². The van der Waals surface area contributed by atoms with E-state index in [-0.39, 0.29) is 18.2 Å². The number of rotatable bonds is 5. The molecule has 1 aliphatic heterocycles. The van der Waals surface area contributed by atoms with Crippen molar-refractivity contribution < 1.29 is 17.9 Å². The highest BCUT2D eigenvalue weighted by Gasteiger charge is 2.36. The molecule has 0 unspecified atom stereocenters. The van der Waals surface area contributed by atoms with Crippen LogP contribution in [0.1, 0.15) is 82.9 Å². The zero-order valence-corrected chi connectivity index (χ0v) is 22.1. The van der Waals surface area contributed by atoms with E-state index in [9.17, 15) is 13.2 Å². The number of nitrogens with zero attached hydrogens (tertiary/aromatic N) is 3. The summed E-state index contributed by atoms with van der Waals surface area (Å²) in [6.45, 7) is 8.01. The number of aromatic nitrogens is 1. The maximum Gasteiger partial charge on any atom is 0.416 e. The lowest BCUT2D eigenvalue weighted by atomic mass is 9.99. The number of anilines is 1. The summed E-state index contributed by atoms with van der Waals surface area (Å²) in [5.74, 6) is 0.554. The lowest BCUT2D eigenvalue weighted by Crippen LogP contribution is -2.43. The highest BCUT2D eigenvalue weighted by atomic mass is 32.2. The van der Waals surface area contributed by atoms with Gasteiger partial charge in [-0.1, -0.05) is 43.0 Å². The van der Waals surface area contributed by atoms with E-state index < -0.39 is 15.6 Å². The number of hydrogen-bond acceptors (Lipinski definition) is 5. The second-order valence-electron chi connectivity index (χ2n) is 10.7. The molecule has 2 heterocycles. The Kier molecular flexibility index (Phi) is 7.52. The number of hydrogen-bond donors (Lipinski definition) is 0. The topological polar surface area (TPSA) is 79.8 Å². The highest BCUT2D eigenvalue weighted by Crippen LogP contribution is 2.36. The maximum absolute atomic E-state index is 13.5. The number of carbonyl (C=O) groups is 1. The summed E-state index contributed by atoms with van der Waals surface area (Å²) in [6.07, 6.45) is 7.89. The van der Waals surface area contributed by atoms with Crippen LogP contribution < -0.4 is 4.90 Å². The van der Waals surface area contributed by atoms with Gasteiger partial charge in [-0.3, -0.25) is 4.90 Å². The molecule has 4 rings (SSSR count). The molecule has 2 aliphatic rings. The lowest BCUT2D eigenvalue weighted by Gasteiger charge is -2.35.